The van der Waals surface area contributed by atoms with Crippen LogP contribution in [-0.4, -0.2) is 59.0 Å². The van der Waals surface area contributed by atoms with Crippen molar-refractivity contribution in [2.24, 2.45) is 5.73 Å². The van der Waals surface area contributed by atoms with E-state index in [0.29, 0.717) is 12.8 Å². The number of phosphoric ester groups is 1. The summed E-state index contributed by atoms with van der Waals surface area (Å²) in [5, 5.41) is 23.8. The molecule has 0 saturated heterocycles. The molecule has 10 heteroatoms. The van der Waals surface area contributed by atoms with E-state index in [0.717, 1.165) is 51.4 Å². The Labute approximate surface area is 293 Å². The van der Waals surface area contributed by atoms with E-state index in [1.807, 2.05) is 0 Å². The fourth-order valence-electron chi connectivity index (χ4n) is 5.31. The predicted octanol–water partition coefficient (Wildman–Crippen LogP) is 8.97. The van der Waals surface area contributed by atoms with Crippen LogP contribution in [0.5, 0.6) is 0 Å². The minimum Gasteiger partial charge on any atom is -0.393 e. The summed E-state index contributed by atoms with van der Waals surface area (Å²) in [6.07, 6.45) is 35.5. The smallest absolute Gasteiger partial charge is 0.393 e. The molecule has 0 aromatic carbocycles. The fourth-order valence-corrected chi connectivity index (χ4v) is 6.07. The lowest BCUT2D eigenvalue weighted by molar-refractivity contribution is -0.124. The Kier molecular flexibility index (Phi) is 33.2. The van der Waals surface area contributed by atoms with Crippen LogP contribution < -0.4 is 11.1 Å². The maximum absolute atomic E-state index is 12.7. The van der Waals surface area contributed by atoms with Gasteiger partial charge < -0.3 is 26.2 Å². The molecule has 4 atom stereocenters. The van der Waals surface area contributed by atoms with Crippen molar-refractivity contribution in [2.75, 3.05) is 19.8 Å². The zero-order chi connectivity index (χ0) is 35.6. The number of rotatable bonds is 35. The quantitative estimate of drug-likeness (QED) is 0.0250. The molecule has 0 saturated carbocycles. The lowest BCUT2D eigenvalue weighted by atomic mass is 10.0. The second-order valence-electron chi connectivity index (χ2n) is 13.0. The molecular weight excluding hydrogens is 627 g/mol. The Morgan fingerprint density at radius 2 is 1.23 bits per heavy atom. The summed E-state index contributed by atoms with van der Waals surface area (Å²) in [5.74, 6) is -0.466. The molecule has 0 fully saturated rings. The molecule has 0 aromatic rings. The van der Waals surface area contributed by atoms with Gasteiger partial charge in [0.05, 0.1) is 37.9 Å². The second kappa shape index (κ2) is 34.1. The standard InChI is InChI=1S/C38H73N2O7P/c1-3-5-7-9-11-12-13-14-15-16-17-18-19-20-21-22-24-25-27-29-35(41)33-38(43)40-36(34-47-48(44,45)46-32-31-39)37(42)30-28-26-23-10-8-6-4-2/h8,10,18-19,28,30,35-37,41-42H,3-7,9,11-17,20-27,29,31-34,39H2,1-2H3,(H,40,43)(H,44,45)/b10-8+,19-18-,30-28+. The minimum absolute atomic E-state index is 0.0425. The molecule has 0 spiro atoms. The summed E-state index contributed by atoms with van der Waals surface area (Å²) in [7, 11) is -4.39. The van der Waals surface area contributed by atoms with Crippen LogP contribution in [0.25, 0.3) is 0 Å². The van der Waals surface area contributed by atoms with Gasteiger partial charge in [0, 0.05) is 6.54 Å². The van der Waals surface area contributed by atoms with E-state index in [2.05, 4.69) is 43.5 Å². The van der Waals surface area contributed by atoms with E-state index in [1.165, 1.54) is 83.1 Å². The number of unbranched alkanes of at least 4 members (excludes halogenated alkanes) is 17. The number of carbonyl (C=O) groups excluding carboxylic acids is 1. The number of carbonyl (C=O) groups is 1. The summed E-state index contributed by atoms with van der Waals surface area (Å²) in [6, 6.07) is -0.998. The van der Waals surface area contributed by atoms with Crippen molar-refractivity contribution in [2.45, 2.75) is 180 Å². The zero-order valence-electron chi connectivity index (χ0n) is 30.6. The highest BCUT2D eigenvalue weighted by Gasteiger charge is 2.27. The Bertz CT molecular complexity index is 868. The van der Waals surface area contributed by atoms with Crippen LogP contribution in [0, 0.1) is 0 Å². The number of hydrogen-bond donors (Lipinski definition) is 5. The van der Waals surface area contributed by atoms with Crippen molar-refractivity contribution >= 4 is 13.7 Å². The lowest BCUT2D eigenvalue weighted by Gasteiger charge is -2.24. The number of aliphatic hydroxyl groups is 2. The van der Waals surface area contributed by atoms with Crippen molar-refractivity contribution in [1.29, 1.82) is 0 Å². The van der Waals surface area contributed by atoms with Gasteiger partial charge in [0.1, 0.15) is 0 Å². The van der Waals surface area contributed by atoms with Gasteiger partial charge in [-0.2, -0.15) is 0 Å². The molecule has 0 aliphatic rings. The van der Waals surface area contributed by atoms with Crippen LogP contribution in [0.4, 0.5) is 0 Å². The summed E-state index contributed by atoms with van der Waals surface area (Å²) >= 11 is 0. The maximum atomic E-state index is 12.7. The van der Waals surface area contributed by atoms with Gasteiger partial charge in [-0.25, -0.2) is 4.57 Å². The summed E-state index contributed by atoms with van der Waals surface area (Å²) in [5.41, 5.74) is 5.32. The predicted molar refractivity (Wildman–Crippen MR) is 200 cm³/mol. The Balaban J connectivity index is 4.22. The number of amides is 1. The van der Waals surface area contributed by atoms with Crippen LogP contribution in [0.3, 0.4) is 0 Å². The van der Waals surface area contributed by atoms with Crippen LogP contribution in [0.1, 0.15) is 162 Å². The first-order valence-corrected chi connectivity index (χ1v) is 20.7. The Morgan fingerprint density at radius 1 is 0.708 bits per heavy atom. The molecular formula is C38H73N2O7P. The highest BCUT2D eigenvalue weighted by atomic mass is 31.2. The maximum Gasteiger partial charge on any atom is 0.472 e. The highest BCUT2D eigenvalue weighted by Crippen LogP contribution is 2.43. The largest absolute Gasteiger partial charge is 0.472 e. The molecule has 1 amide bonds. The Hall–Kier alpha value is -1.32. The number of hydrogen-bond acceptors (Lipinski definition) is 7. The third kappa shape index (κ3) is 31.9. The molecule has 9 nitrogen and oxygen atoms in total. The van der Waals surface area contributed by atoms with Gasteiger partial charge in [-0.15, -0.1) is 0 Å². The minimum atomic E-state index is -4.39. The van der Waals surface area contributed by atoms with E-state index in [1.54, 1.807) is 6.08 Å². The number of nitrogens with one attached hydrogen (secondary N) is 1. The zero-order valence-corrected chi connectivity index (χ0v) is 31.5. The first kappa shape index (κ1) is 46.7. The molecule has 282 valence electrons. The van der Waals surface area contributed by atoms with Gasteiger partial charge in [-0.05, 0) is 51.4 Å². The van der Waals surface area contributed by atoms with Crippen molar-refractivity contribution in [3.63, 3.8) is 0 Å². The third-order valence-corrected chi connectivity index (χ3v) is 9.21. The lowest BCUT2D eigenvalue weighted by Crippen LogP contribution is -2.46. The third-order valence-electron chi connectivity index (χ3n) is 8.22. The first-order valence-electron chi connectivity index (χ1n) is 19.2. The summed E-state index contributed by atoms with van der Waals surface area (Å²) in [6.45, 7) is 3.81. The van der Waals surface area contributed by atoms with E-state index in [9.17, 15) is 24.5 Å². The summed E-state index contributed by atoms with van der Waals surface area (Å²) < 4.78 is 21.9. The molecule has 6 N–H and O–H groups in total. The van der Waals surface area contributed by atoms with E-state index >= 15 is 0 Å². The number of phosphoric acid groups is 1. The molecule has 0 heterocycles. The van der Waals surface area contributed by atoms with Gasteiger partial charge >= 0.3 is 7.82 Å². The van der Waals surface area contributed by atoms with E-state index in [4.69, 9.17) is 14.8 Å². The highest BCUT2D eigenvalue weighted by molar-refractivity contribution is 7.47. The fraction of sp³-hybridized carbons (Fsp3) is 0.816. The molecule has 0 rings (SSSR count). The number of aliphatic hydroxyl groups excluding tert-OH is 2. The van der Waals surface area contributed by atoms with Gasteiger partial charge in [-0.3, -0.25) is 13.8 Å². The van der Waals surface area contributed by atoms with E-state index in [-0.39, 0.29) is 19.6 Å². The Morgan fingerprint density at radius 3 is 1.81 bits per heavy atom. The van der Waals surface area contributed by atoms with Gasteiger partial charge in [0.25, 0.3) is 0 Å². The molecule has 0 radical (unpaired) electrons. The second-order valence-corrected chi connectivity index (χ2v) is 14.4. The van der Waals surface area contributed by atoms with Crippen molar-refractivity contribution in [3.8, 4) is 0 Å². The first-order chi connectivity index (χ1) is 23.3. The average Bonchev–Trinajstić information content (AvgIpc) is 3.06. The molecule has 0 aliphatic carbocycles. The van der Waals surface area contributed by atoms with Gasteiger partial charge in [0.2, 0.25) is 5.91 Å². The molecule has 48 heavy (non-hydrogen) atoms. The topological polar surface area (TPSA) is 151 Å². The van der Waals surface area contributed by atoms with Crippen molar-refractivity contribution in [1.82, 2.24) is 5.32 Å². The monoisotopic (exact) mass is 701 g/mol. The molecule has 0 bridgehead atoms. The molecule has 0 aliphatic heterocycles. The van der Waals surface area contributed by atoms with Crippen LogP contribution >= 0.6 is 7.82 Å². The van der Waals surface area contributed by atoms with Crippen LogP contribution in [0.15, 0.2) is 36.5 Å². The van der Waals surface area contributed by atoms with Crippen molar-refractivity contribution in [3.05, 3.63) is 36.5 Å². The average molecular weight is 701 g/mol. The normalized spacial score (nSPS) is 15.4. The molecule has 0 aromatic heterocycles. The molecule has 4 unspecified atom stereocenters. The SMILES string of the molecule is CCC/C=C/CC/C=C/C(O)C(COP(=O)(O)OCCN)NC(=O)CC(O)CCCCCCC/C=C\CCCCCCCCCCCC. The number of nitrogens with two attached hydrogens (primary N) is 1. The van der Waals surface area contributed by atoms with Crippen LogP contribution in [0.2, 0.25) is 0 Å². The number of allylic oxidation sites excluding steroid dienone is 5. The van der Waals surface area contributed by atoms with Gasteiger partial charge in [0.15, 0.2) is 0 Å². The van der Waals surface area contributed by atoms with Gasteiger partial charge in [-0.1, -0.05) is 140 Å². The summed E-state index contributed by atoms with van der Waals surface area (Å²) in [4.78, 5) is 22.5. The van der Waals surface area contributed by atoms with Crippen LogP contribution in [-0.2, 0) is 18.4 Å². The van der Waals surface area contributed by atoms with Crippen molar-refractivity contribution < 1.29 is 33.5 Å². The van der Waals surface area contributed by atoms with E-state index < -0.39 is 38.6 Å².